The second-order valence-electron chi connectivity index (χ2n) is 9.49. The first-order valence-electron chi connectivity index (χ1n) is 11.4. The number of aliphatic hydroxyl groups is 1. The van der Waals surface area contributed by atoms with Gasteiger partial charge in [-0.25, -0.2) is 0 Å². The lowest BCUT2D eigenvalue weighted by Gasteiger charge is -2.25. The van der Waals surface area contributed by atoms with Gasteiger partial charge < -0.3 is 14.3 Å². The summed E-state index contributed by atoms with van der Waals surface area (Å²) in [5.74, 6) is -0.157. The molecule has 1 N–H and O–H groups in total. The molecule has 1 aromatic heterocycles. The fourth-order valence-electron chi connectivity index (χ4n) is 4.29. The van der Waals surface area contributed by atoms with E-state index in [-0.39, 0.29) is 16.7 Å². The number of carbonyl (C=O) groups is 2. The minimum Gasteiger partial charge on any atom is -0.507 e. The quantitative estimate of drug-likeness (QED) is 0.247. The lowest BCUT2D eigenvalue weighted by atomic mass is 9.84. The number of rotatable bonds is 5. The van der Waals surface area contributed by atoms with Crippen LogP contribution in [0.1, 0.15) is 56.4 Å². The van der Waals surface area contributed by atoms with Crippen LogP contribution in [0.4, 0.5) is 5.69 Å². The number of nitrogens with zero attached hydrogens (tertiary/aromatic N) is 1. The number of anilines is 1. The van der Waals surface area contributed by atoms with Gasteiger partial charge in [0, 0.05) is 21.8 Å². The summed E-state index contributed by atoms with van der Waals surface area (Å²) in [5, 5.41) is 11.9. The van der Waals surface area contributed by atoms with Crippen LogP contribution >= 0.6 is 11.6 Å². The summed E-state index contributed by atoms with van der Waals surface area (Å²) in [7, 11) is 0. The highest BCUT2D eigenvalue weighted by atomic mass is 35.5. The van der Waals surface area contributed by atoms with Crippen molar-refractivity contribution in [2.45, 2.75) is 46.1 Å². The van der Waals surface area contributed by atoms with Crippen molar-refractivity contribution >= 4 is 34.7 Å². The van der Waals surface area contributed by atoms with Gasteiger partial charge in [0.15, 0.2) is 0 Å². The standard InChI is InChI=1S/C28H28ClNO5/c1-6-34-21-13-11-17(14-20(21)28(3,4)5)25(31)23-24(22-12-10-16(2)35-22)30(27(33)26(23)32)19-9-7-8-18(29)15-19/h7-15,24,31H,6H2,1-5H3/b25-23-. The molecule has 1 atom stereocenters. The molecule has 0 bridgehead atoms. The summed E-state index contributed by atoms with van der Waals surface area (Å²) in [6.45, 7) is 10.3. The van der Waals surface area contributed by atoms with Crippen molar-refractivity contribution in [3.8, 4) is 5.75 Å². The third kappa shape index (κ3) is 4.58. The normalized spacial score (nSPS) is 17.8. The lowest BCUT2D eigenvalue weighted by molar-refractivity contribution is -0.132. The third-order valence-corrected chi connectivity index (χ3v) is 6.16. The fourth-order valence-corrected chi connectivity index (χ4v) is 4.48. The SMILES string of the molecule is CCOc1ccc(/C(O)=C2/C(=O)C(=O)N(c3cccc(Cl)c3)C2c2ccc(C)o2)cc1C(C)(C)C. The van der Waals surface area contributed by atoms with Crippen LogP contribution in [0.15, 0.2) is 64.6 Å². The highest BCUT2D eigenvalue weighted by Gasteiger charge is 2.48. The van der Waals surface area contributed by atoms with Crippen LogP contribution in [0.5, 0.6) is 5.75 Å². The number of aryl methyl sites for hydroxylation is 1. The van der Waals surface area contributed by atoms with Gasteiger partial charge in [0.1, 0.15) is 29.1 Å². The maximum Gasteiger partial charge on any atom is 0.300 e. The second kappa shape index (κ2) is 9.27. The summed E-state index contributed by atoms with van der Waals surface area (Å²) < 4.78 is 11.6. The third-order valence-electron chi connectivity index (χ3n) is 5.92. The Labute approximate surface area is 209 Å². The number of amides is 1. The van der Waals surface area contributed by atoms with Crippen molar-refractivity contribution in [3.05, 3.63) is 87.8 Å². The van der Waals surface area contributed by atoms with E-state index in [0.717, 1.165) is 5.56 Å². The molecule has 6 nitrogen and oxygen atoms in total. The van der Waals surface area contributed by atoms with Gasteiger partial charge in [0.25, 0.3) is 11.7 Å². The number of ether oxygens (including phenoxy) is 1. The minimum atomic E-state index is -0.952. The predicted molar refractivity (Wildman–Crippen MR) is 136 cm³/mol. The molecule has 1 aliphatic heterocycles. The molecule has 0 aliphatic carbocycles. The van der Waals surface area contributed by atoms with E-state index >= 15 is 0 Å². The molecule has 0 radical (unpaired) electrons. The Bertz CT molecular complexity index is 1330. The average molecular weight is 494 g/mol. The Kier molecular flexibility index (Phi) is 6.52. The first-order chi connectivity index (χ1) is 16.5. The number of hydrogen-bond acceptors (Lipinski definition) is 5. The molecule has 1 amide bonds. The van der Waals surface area contributed by atoms with E-state index < -0.39 is 17.7 Å². The van der Waals surface area contributed by atoms with E-state index in [1.54, 1.807) is 61.5 Å². The molecule has 0 spiro atoms. The Morgan fingerprint density at radius 1 is 1.11 bits per heavy atom. The molecule has 3 aromatic rings. The molecular formula is C28H28ClNO5. The number of halogens is 1. The molecule has 2 heterocycles. The van der Waals surface area contributed by atoms with Crippen molar-refractivity contribution < 1.29 is 23.8 Å². The van der Waals surface area contributed by atoms with Crippen LogP contribution in [-0.2, 0) is 15.0 Å². The van der Waals surface area contributed by atoms with E-state index in [4.69, 9.17) is 20.8 Å². The monoisotopic (exact) mass is 493 g/mol. The van der Waals surface area contributed by atoms with Gasteiger partial charge in [0.2, 0.25) is 0 Å². The van der Waals surface area contributed by atoms with Crippen LogP contribution in [0.3, 0.4) is 0 Å². The van der Waals surface area contributed by atoms with Gasteiger partial charge in [-0.3, -0.25) is 14.5 Å². The van der Waals surface area contributed by atoms with Crippen LogP contribution in [0, 0.1) is 6.92 Å². The summed E-state index contributed by atoms with van der Waals surface area (Å²) >= 11 is 6.18. The Hall–Kier alpha value is -3.51. The molecule has 0 saturated carbocycles. The molecular weight excluding hydrogens is 466 g/mol. The first-order valence-corrected chi connectivity index (χ1v) is 11.8. The number of Topliss-reactive ketones (excluding diaryl/α,β-unsaturated/α-hetero) is 1. The van der Waals surface area contributed by atoms with Gasteiger partial charge in [-0.15, -0.1) is 0 Å². The predicted octanol–water partition coefficient (Wildman–Crippen LogP) is 6.56. The van der Waals surface area contributed by atoms with E-state index in [1.165, 1.54) is 4.90 Å². The topological polar surface area (TPSA) is 80.0 Å². The maximum absolute atomic E-state index is 13.3. The van der Waals surface area contributed by atoms with Gasteiger partial charge in [-0.2, -0.15) is 0 Å². The smallest absolute Gasteiger partial charge is 0.300 e. The van der Waals surface area contributed by atoms with Gasteiger partial charge in [0.05, 0.1) is 12.2 Å². The zero-order valence-corrected chi connectivity index (χ0v) is 21.1. The molecule has 1 aliphatic rings. The Morgan fingerprint density at radius 3 is 2.46 bits per heavy atom. The van der Waals surface area contributed by atoms with Crippen LogP contribution in [-0.4, -0.2) is 23.4 Å². The number of furan rings is 1. The van der Waals surface area contributed by atoms with E-state index in [9.17, 15) is 14.7 Å². The largest absolute Gasteiger partial charge is 0.507 e. The maximum atomic E-state index is 13.3. The number of carbonyl (C=O) groups excluding carboxylic acids is 2. The van der Waals surface area contributed by atoms with E-state index in [2.05, 4.69) is 0 Å². The number of benzene rings is 2. The van der Waals surface area contributed by atoms with E-state index in [1.807, 2.05) is 27.7 Å². The van der Waals surface area contributed by atoms with Crippen molar-refractivity contribution in [2.24, 2.45) is 0 Å². The zero-order valence-electron chi connectivity index (χ0n) is 20.4. The van der Waals surface area contributed by atoms with Gasteiger partial charge in [-0.1, -0.05) is 38.4 Å². The number of hydrogen-bond donors (Lipinski definition) is 1. The van der Waals surface area contributed by atoms with Crippen molar-refractivity contribution in [1.29, 1.82) is 0 Å². The Balaban J connectivity index is 1.94. The van der Waals surface area contributed by atoms with Gasteiger partial charge >= 0.3 is 0 Å². The van der Waals surface area contributed by atoms with Crippen molar-refractivity contribution in [2.75, 3.05) is 11.5 Å². The van der Waals surface area contributed by atoms with Crippen molar-refractivity contribution in [3.63, 3.8) is 0 Å². The summed E-state index contributed by atoms with van der Waals surface area (Å²) in [4.78, 5) is 27.9. The van der Waals surface area contributed by atoms with Gasteiger partial charge in [-0.05, 0) is 67.8 Å². The van der Waals surface area contributed by atoms with Crippen LogP contribution in [0.2, 0.25) is 5.02 Å². The number of ketones is 1. The lowest BCUT2D eigenvalue weighted by Crippen LogP contribution is -2.29. The molecule has 2 aromatic carbocycles. The fraction of sp³-hybridized carbons (Fsp3) is 0.286. The van der Waals surface area contributed by atoms with Crippen molar-refractivity contribution in [1.82, 2.24) is 0 Å². The average Bonchev–Trinajstić information content (AvgIpc) is 3.34. The first kappa shape index (κ1) is 24.6. The molecule has 35 heavy (non-hydrogen) atoms. The molecule has 4 rings (SSSR count). The summed E-state index contributed by atoms with van der Waals surface area (Å²) in [6, 6.07) is 14.4. The summed E-state index contributed by atoms with van der Waals surface area (Å²) in [6.07, 6.45) is 0. The van der Waals surface area contributed by atoms with Crippen LogP contribution < -0.4 is 9.64 Å². The highest BCUT2D eigenvalue weighted by molar-refractivity contribution is 6.51. The highest BCUT2D eigenvalue weighted by Crippen LogP contribution is 2.44. The van der Waals surface area contributed by atoms with Crippen LogP contribution in [0.25, 0.3) is 5.76 Å². The molecule has 7 heteroatoms. The summed E-state index contributed by atoms with van der Waals surface area (Å²) in [5.41, 5.74) is 1.38. The molecule has 182 valence electrons. The molecule has 1 unspecified atom stereocenters. The number of aliphatic hydroxyl groups excluding tert-OH is 1. The molecule has 1 fully saturated rings. The molecule has 1 saturated heterocycles. The zero-order chi connectivity index (χ0) is 25.5. The van der Waals surface area contributed by atoms with E-state index in [0.29, 0.717) is 40.2 Å². The minimum absolute atomic E-state index is 0.0478. The Morgan fingerprint density at radius 2 is 1.86 bits per heavy atom. The second-order valence-corrected chi connectivity index (χ2v) is 9.93.